The quantitative estimate of drug-likeness (QED) is 0.840. The highest BCUT2D eigenvalue weighted by molar-refractivity contribution is 5.95. The van der Waals surface area contributed by atoms with Crippen molar-refractivity contribution in [2.24, 2.45) is 0 Å². The molecule has 0 aliphatic carbocycles. The molecule has 2 saturated heterocycles. The standard InChI is InChI=1S/C15H24N4O3/c1-19-4-7-22-12(10-19)8-16-15(20)13-9-17-18-14(13)11-2-5-21-6-3-11/h9,11-12H,2-8,10H2,1H3,(H,16,20)(H,17,18). The number of hydrogen-bond donors (Lipinski definition) is 2. The average Bonchev–Trinajstić information content (AvgIpc) is 3.03. The van der Waals surface area contributed by atoms with Crippen LogP contribution >= 0.6 is 0 Å². The first-order chi connectivity index (χ1) is 10.7. The zero-order chi connectivity index (χ0) is 15.4. The fourth-order valence-corrected chi connectivity index (χ4v) is 3.07. The molecule has 22 heavy (non-hydrogen) atoms. The number of aromatic nitrogens is 2. The molecule has 1 unspecified atom stereocenters. The van der Waals surface area contributed by atoms with Gasteiger partial charge in [0.05, 0.1) is 30.2 Å². The zero-order valence-corrected chi connectivity index (χ0v) is 13.0. The third-order valence-electron chi connectivity index (χ3n) is 4.38. The van der Waals surface area contributed by atoms with Crippen molar-refractivity contribution in [3.63, 3.8) is 0 Å². The SMILES string of the molecule is CN1CCOC(CNC(=O)c2cn[nH]c2C2CCOCC2)C1. The molecular formula is C15H24N4O3. The van der Waals surface area contributed by atoms with Gasteiger partial charge < -0.3 is 19.7 Å². The van der Waals surface area contributed by atoms with Crippen LogP contribution in [-0.2, 0) is 9.47 Å². The normalized spacial score (nSPS) is 24.3. The second-order valence-electron chi connectivity index (χ2n) is 6.05. The van der Waals surface area contributed by atoms with Crippen molar-refractivity contribution in [2.45, 2.75) is 24.9 Å². The Kier molecular flexibility index (Phi) is 5.07. The van der Waals surface area contributed by atoms with Gasteiger partial charge in [-0.25, -0.2) is 0 Å². The zero-order valence-electron chi connectivity index (χ0n) is 13.0. The number of rotatable bonds is 4. The molecule has 1 atom stereocenters. The smallest absolute Gasteiger partial charge is 0.254 e. The maximum atomic E-state index is 12.4. The first kappa shape index (κ1) is 15.5. The Bertz CT molecular complexity index is 499. The van der Waals surface area contributed by atoms with Gasteiger partial charge in [-0.15, -0.1) is 0 Å². The summed E-state index contributed by atoms with van der Waals surface area (Å²) in [5.74, 6) is 0.251. The van der Waals surface area contributed by atoms with Crippen LogP contribution in [0.1, 0.15) is 34.8 Å². The van der Waals surface area contributed by atoms with E-state index in [1.165, 1.54) is 0 Å². The maximum absolute atomic E-state index is 12.4. The largest absolute Gasteiger partial charge is 0.381 e. The van der Waals surface area contributed by atoms with Gasteiger partial charge in [-0.1, -0.05) is 0 Å². The Hall–Kier alpha value is -1.44. The maximum Gasteiger partial charge on any atom is 0.254 e. The van der Waals surface area contributed by atoms with E-state index in [9.17, 15) is 4.79 Å². The minimum absolute atomic E-state index is 0.0566. The van der Waals surface area contributed by atoms with Crippen LogP contribution in [0.25, 0.3) is 0 Å². The van der Waals surface area contributed by atoms with Crippen LogP contribution in [0.5, 0.6) is 0 Å². The van der Waals surface area contributed by atoms with E-state index >= 15 is 0 Å². The van der Waals surface area contributed by atoms with Crippen molar-refractivity contribution in [1.82, 2.24) is 20.4 Å². The predicted octanol–water partition coefficient (Wildman–Crippen LogP) is 0.364. The lowest BCUT2D eigenvalue weighted by molar-refractivity contribution is -0.0175. The lowest BCUT2D eigenvalue weighted by atomic mass is 9.94. The van der Waals surface area contributed by atoms with E-state index < -0.39 is 0 Å². The van der Waals surface area contributed by atoms with Crippen LogP contribution in [0, 0.1) is 0 Å². The van der Waals surface area contributed by atoms with Crippen LogP contribution < -0.4 is 5.32 Å². The number of nitrogens with zero attached hydrogens (tertiary/aromatic N) is 2. The Morgan fingerprint density at radius 2 is 2.27 bits per heavy atom. The summed E-state index contributed by atoms with van der Waals surface area (Å²) < 4.78 is 11.0. The highest BCUT2D eigenvalue weighted by Gasteiger charge is 2.25. The molecule has 2 fully saturated rings. The van der Waals surface area contributed by atoms with Crippen LogP contribution in [0.3, 0.4) is 0 Å². The number of amides is 1. The van der Waals surface area contributed by atoms with Crippen molar-refractivity contribution < 1.29 is 14.3 Å². The van der Waals surface area contributed by atoms with E-state index in [1.807, 2.05) is 0 Å². The lowest BCUT2D eigenvalue weighted by Crippen LogP contribution is -2.46. The van der Waals surface area contributed by atoms with Gasteiger partial charge in [0, 0.05) is 38.8 Å². The fraction of sp³-hybridized carbons (Fsp3) is 0.733. The Balaban J connectivity index is 1.57. The molecule has 2 aliphatic rings. The van der Waals surface area contributed by atoms with Crippen molar-refractivity contribution in [3.05, 3.63) is 17.5 Å². The molecule has 0 saturated carbocycles. The molecule has 0 spiro atoms. The van der Waals surface area contributed by atoms with E-state index in [-0.39, 0.29) is 12.0 Å². The van der Waals surface area contributed by atoms with Crippen LogP contribution in [0.15, 0.2) is 6.20 Å². The molecule has 1 amide bonds. The van der Waals surface area contributed by atoms with Gasteiger partial charge in [0.15, 0.2) is 0 Å². The van der Waals surface area contributed by atoms with E-state index in [4.69, 9.17) is 9.47 Å². The monoisotopic (exact) mass is 308 g/mol. The average molecular weight is 308 g/mol. The fourth-order valence-electron chi connectivity index (χ4n) is 3.07. The molecule has 1 aromatic heterocycles. The molecule has 3 heterocycles. The summed E-state index contributed by atoms with van der Waals surface area (Å²) in [6.07, 6.45) is 3.53. The van der Waals surface area contributed by atoms with Gasteiger partial charge in [-0.3, -0.25) is 9.89 Å². The van der Waals surface area contributed by atoms with Crippen molar-refractivity contribution in [3.8, 4) is 0 Å². The minimum Gasteiger partial charge on any atom is -0.381 e. The number of H-pyrrole nitrogens is 1. The predicted molar refractivity (Wildman–Crippen MR) is 81.0 cm³/mol. The van der Waals surface area contributed by atoms with Crippen LogP contribution in [-0.4, -0.2) is 73.6 Å². The third kappa shape index (κ3) is 3.66. The van der Waals surface area contributed by atoms with Crippen molar-refractivity contribution in [1.29, 1.82) is 0 Å². The topological polar surface area (TPSA) is 79.5 Å². The van der Waals surface area contributed by atoms with Gasteiger partial charge in [0.25, 0.3) is 5.91 Å². The van der Waals surface area contributed by atoms with Crippen LogP contribution in [0.2, 0.25) is 0 Å². The number of morpholine rings is 1. The first-order valence-electron chi connectivity index (χ1n) is 7.93. The minimum atomic E-state index is -0.0768. The molecule has 7 heteroatoms. The van der Waals surface area contributed by atoms with Gasteiger partial charge in [0.1, 0.15) is 0 Å². The second kappa shape index (κ2) is 7.21. The van der Waals surface area contributed by atoms with Crippen molar-refractivity contribution >= 4 is 5.91 Å². The number of likely N-dealkylation sites (N-methyl/N-ethyl adjacent to an activating group) is 1. The van der Waals surface area contributed by atoms with E-state index in [1.54, 1.807) is 6.20 Å². The number of hydrogen-bond acceptors (Lipinski definition) is 5. The molecule has 0 radical (unpaired) electrons. The number of aromatic amines is 1. The summed E-state index contributed by atoms with van der Waals surface area (Å²) in [5, 5.41) is 10.0. The number of nitrogens with one attached hydrogen (secondary N) is 2. The first-order valence-corrected chi connectivity index (χ1v) is 7.93. The number of carbonyl (C=O) groups is 1. The van der Waals surface area contributed by atoms with Gasteiger partial charge in [0.2, 0.25) is 0 Å². The summed E-state index contributed by atoms with van der Waals surface area (Å²) in [4.78, 5) is 14.6. The molecule has 2 aliphatic heterocycles. The molecule has 7 nitrogen and oxygen atoms in total. The molecule has 122 valence electrons. The molecular weight excluding hydrogens is 284 g/mol. The molecule has 2 N–H and O–H groups in total. The van der Waals surface area contributed by atoms with Gasteiger partial charge >= 0.3 is 0 Å². The number of carbonyl (C=O) groups excluding carboxylic acids is 1. The molecule has 0 bridgehead atoms. The second-order valence-corrected chi connectivity index (χ2v) is 6.05. The molecule has 1 aromatic rings. The summed E-state index contributed by atoms with van der Waals surface area (Å²) in [5.41, 5.74) is 1.58. The summed E-state index contributed by atoms with van der Waals surface area (Å²) in [7, 11) is 2.07. The summed E-state index contributed by atoms with van der Waals surface area (Å²) >= 11 is 0. The summed E-state index contributed by atoms with van der Waals surface area (Å²) in [6.45, 7) is 4.52. The van der Waals surface area contributed by atoms with E-state index in [2.05, 4.69) is 27.5 Å². The lowest BCUT2D eigenvalue weighted by Gasteiger charge is -2.30. The third-order valence-corrected chi connectivity index (χ3v) is 4.38. The number of ether oxygens (including phenoxy) is 2. The Labute approximate surface area is 130 Å². The van der Waals surface area contributed by atoms with Gasteiger partial charge in [-0.05, 0) is 19.9 Å². The summed E-state index contributed by atoms with van der Waals surface area (Å²) in [6, 6.07) is 0. The highest BCUT2D eigenvalue weighted by atomic mass is 16.5. The van der Waals surface area contributed by atoms with E-state index in [0.29, 0.717) is 18.0 Å². The van der Waals surface area contributed by atoms with Crippen LogP contribution in [0.4, 0.5) is 0 Å². The Morgan fingerprint density at radius 1 is 1.45 bits per heavy atom. The van der Waals surface area contributed by atoms with Gasteiger partial charge in [-0.2, -0.15) is 5.10 Å². The molecule has 0 aromatic carbocycles. The van der Waals surface area contributed by atoms with E-state index in [0.717, 1.165) is 51.4 Å². The molecule has 3 rings (SSSR count). The highest BCUT2D eigenvalue weighted by Crippen LogP contribution is 2.27. The van der Waals surface area contributed by atoms with Crippen molar-refractivity contribution in [2.75, 3.05) is 46.5 Å². The Morgan fingerprint density at radius 3 is 3.05 bits per heavy atom.